The number of hydrogen-bond donors (Lipinski definition) is 1. The van der Waals surface area contributed by atoms with Crippen molar-refractivity contribution in [2.75, 3.05) is 6.54 Å². The first-order chi connectivity index (χ1) is 6.33. The van der Waals surface area contributed by atoms with E-state index in [1.807, 2.05) is 0 Å². The molecule has 1 N–H and O–H groups in total. The predicted octanol–water partition coefficient (Wildman–Crippen LogP) is 3.34. The van der Waals surface area contributed by atoms with E-state index in [1.54, 1.807) is 0 Å². The van der Waals surface area contributed by atoms with Gasteiger partial charge in [0.2, 0.25) is 0 Å². The quantitative estimate of drug-likeness (QED) is 0.645. The van der Waals surface area contributed by atoms with E-state index in [0.717, 1.165) is 12.0 Å². The highest BCUT2D eigenvalue weighted by atomic mass is 14.9. The molecule has 13 heavy (non-hydrogen) atoms. The van der Waals surface area contributed by atoms with E-state index in [4.69, 9.17) is 0 Å². The Morgan fingerprint density at radius 2 is 2.08 bits per heavy atom. The van der Waals surface area contributed by atoms with Gasteiger partial charge in [0.1, 0.15) is 0 Å². The van der Waals surface area contributed by atoms with Gasteiger partial charge in [-0.2, -0.15) is 0 Å². The van der Waals surface area contributed by atoms with E-state index in [9.17, 15) is 0 Å². The molecule has 1 aliphatic carbocycles. The molecule has 2 atom stereocenters. The normalized spacial score (nSPS) is 29.1. The molecule has 0 spiro atoms. The Bertz CT molecular complexity index is 122. The Kier molecular flexibility index (Phi) is 5.45. The van der Waals surface area contributed by atoms with Gasteiger partial charge >= 0.3 is 0 Å². The van der Waals surface area contributed by atoms with Crippen LogP contribution in [0.25, 0.3) is 0 Å². The van der Waals surface area contributed by atoms with E-state index in [-0.39, 0.29) is 0 Å². The molecule has 1 nitrogen and oxygen atoms in total. The van der Waals surface area contributed by atoms with Crippen LogP contribution in [0, 0.1) is 5.92 Å². The Labute approximate surface area is 83.3 Å². The molecule has 0 bridgehead atoms. The lowest BCUT2D eigenvalue weighted by Crippen LogP contribution is -2.34. The van der Waals surface area contributed by atoms with Crippen molar-refractivity contribution in [2.45, 2.75) is 64.8 Å². The molecule has 0 radical (unpaired) electrons. The zero-order valence-electron chi connectivity index (χ0n) is 9.31. The molecule has 78 valence electrons. The summed E-state index contributed by atoms with van der Waals surface area (Å²) in [5, 5.41) is 3.69. The standard InChI is InChI=1S/C12H25N/c1-3-4-5-9-13-12-8-6-7-11(2)10-12/h11-13H,3-10H2,1-2H3/t11-,12-/m0/s1. The molecule has 0 aliphatic heterocycles. The van der Waals surface area contributed by atoms with Gasteiger partial charge in [0.05, 0.1) is 0 Å². The maximum atomic E-state index is 3.69. The number of rotatable bonds is 5. The third kappa shape index (κ3) is 4.66. The van der Waals surface area contributed by atoms with Crippen LogP contribution in [0.15, 0.2) is 0 Å². The van der Waals surface area contributed by atoms with Crippen molar-refractivity contribution >= 4 is 0 Å². The molecule has 1 heteroatoms. The zero-order chi connectivity index (χ0) is 9.52. The van der Waals surface area contributed by atoms with Gasteiger partial charge in [-0.15, -0.1) is 0 Å². The highest BCUT2D eigenvalue weighted by Gasteiger charge is 2.17. The maximum Gasteiger partial charge on any atom is 0.00696 e. The van der Waals surface area contributed by atoms with Crippen molar-refractivity contribution in [1.82, 2.24) is 5.32 Å². The van der Waals surface area contributed by atoms with Crippen molar-refractivity contribution in [3.8, 4) is 0 Å². The highest BCUT2D eigenvalue weighted by molar-refractivity contribution is 4.75. The van der Waals surface area contributed by atoms with Crippen LogP contribution in [0.3, 0.4) is 0 Å². The van der Waals surface area contributed by atoms with Gasteiger partial charge in [-0.25, -0.2) is 0 Å². The fraction of sp³-hybridized carbons (Fsp3) is 1.00. The summed E-state index contributed by atoms with van der Waals surface area (Å²) >= 11 is 0. The van der Waals surface area contributed by atoms with Crippen LogP contribution in [0.4, 0.5) is 0 Å². The lowest BCUT2D eigenvalue weighted by Gasteiger charge is -2.27. The predicted molar refractivity (Wildman–Crippen MR) is 58.9 cm³/mol. The zero-order valence-corrected chi connectivity index (χ0v) is 9.31. The largest absolute Gasteiger partial charge is 0.314 e. The summed E-state index contributed by atoms with van der Waals surface area (Å²) in [6.07, 6.45) is 9.79. The second-order valence-electron chi connectivity index (χ2n) is 4.63. The van der Waals surface area contributed by atoms with Gasteiger partial charge in [0.15, 0.2) is 0 Å². The van der Waals surface area contributed by atoms with Crippen molar-refractivity contribution in [3.05, 3.63) is 0 Å². The second-order valence-corrected chi connectivity index (χ2v) is 4.63. The Balaban J connectivity index is 2.00. The smallest absolute Gasteiger partial charge is 0.00696 e. The lowest BCUT2D eigenvalue weighted by atomic mass is 9.87. The Morgan fingerprint density at radius 3 is 2.77 bits per heavy atom. The molecule has 1 fully saturated rings. The first-order valence-corrected chi connectivity index (χ1v) is 6.06. The van der Waals surface area contributed by atoms with Crippen LogP contribution in [-0.2, 0) is 0 Å². The summed E-state index contributed by atoms with van der Waals surface area (Å²) in [7, 11) is 0. The maximum absolute atomic E-state index is 3.69. The third-order valence-corrected chi connectivity index (χ3v) is 3.15. The van der Waals surface area contributed by atoms with Gasteiger partial charge < -0.3 is 5.32 Å². The topological polar surface area (TPSA) is 12.0 Å². The molecule has 1 saturated carbocycles. The summed E-state index contributed by atoms with van der Waals surface area (Å²) in [6, 6.07) is 0.834. The van der Waals surface area contributed by atoms with Crippen LogP contribution < -0.4 is 5.32 Å². The van der Waals surface area contributed by atoms with Crippen molar-refractivity contribution < 1.29 is 0 Å². The van der Waals surface area contributed by atoms with Crippen LogP contribution in [-0.4, -0.2) is 12.6 Å². The van der Waals surface area contributed by atoms with Gasteiger partial charge in [-0.3, -0.25) is 0 Å². The summed E-state index contributed by atoms with van der Waals surface area (Å²) in [6.45, 7) is 5.90. The minimum atomic E-state index is 0.834. The number of unbranched alkanes of at least 4 members (excludes halogenated alkanes) is 2. The molecule has 0 unspecified atom stereocenters. The van der Waals surface area contributed by atoms with E-state index in [2.05, 4.69) is 19.2 Å². The number of hydrogen-bond acceptors (Lipinski definition) is 1. The Morgan fingerprint density at radius 1 is 1.23 bits per heavy atom. The summed E-state index contributed by atoms with van der Waals surface area (Å²) in [4.78, 5) is 0. The average Bonchev–Trinajstić information content (AvgIpc) is 2.13. The second kappa shape index (κ2) is 6.42. The van der Waals surface area contributed by atoms with Crippen molar-refractivity contribution in [2.24, 2.45) is 5.92 Å². The Hall–Kier alpha value is -0.0400. The average molecular weight is 183 g/mol. The molecule has 0 amide bonds. The molecule has 0 saturated heterocycles. The van der Waals surface area contributed by atoms with Gasteiger partial charge in [-0.1, -0.05) is 39.5 Å². The summed E-state index contributed by atoms with van der Waals surface area (Å²) < 4.78 is 0. The highest BCUT2D eigenvalue weighted by Crippen LogP contribution is 2.23. The molecule has 0 aromatic rings. The van der Waals surface area contributed by atoms with Gasteiger partial charge in [0, 0.05) is 6.04 Å². The summed E-state index contributed by atoms with van der Waals surface area (Å²) in [5.41, 5.74) is 0. The van der Waals surface area contributed by atoms with E-state index < -0.39 is 0 Å². The SMILES string of the molecule is CCCCCN[C@H]1CCC[C@H](C)C1. The monoisotopic (exact) mass is 183 g/mol. The van der Waals surface area contributed by atoms with E-state index in [0.29, 0.717) is 0 Å². The first kappa shape index (κ1) is 11.0. The minimum Gasteiger partial charge on any atom is -0.314 e. The fourth-order valence-electron chi connectivity index (χ4n) is 2.30. The van der Waals surface area contributed by atoms with Crippen LogP contribution in [0.1, 0.15) is 58.8 Å². The fourth-order valence-corrected chi connectivity index (χ4v) is 2.30. The lowest BCUT2D eigenvalue weighted by molar-refractivity contribution is 0.300. The molecule has 0 aromatic carbocycles. The van der Waals surface area contributed by atoms with E-state index in [1.165, 1.54) is 51.5 Å². The molecule has 0 heterocycles. The number of nitrogens with one attached hydrogen (secondary N) is 1. The van der Waals surface area contributed by atoms with Crippen LogP contribution >= 0.6 is 0 Å². The van der Waals surface area contributed by atoms with Crippen molar-refractivity contribution in [3.63, 3.8) is 0 Å². The molecule has 0 aromatic heterocycles. The molecule has 1 aliphatic rings. The minimum absolute atomic E-state index is 0.834. The first-order valence-electron chi connectivity index (χ1n) is 6.06. The third-order valence-electron chi connectivity index (χ3n) is 3.15. The van der Waals surface area contributed by atoms with Crippen LogP contribution in [0.2, 0.25) is 0 Å². The van der Waals surface area contributed by atoms with Gasteiger partial charge in [0.25, 0.3) is 0 Å². The molecular weight excluding hydrogens is 158 g/mol. The van der Waals surface area contributed by atoms with Gasteiger partial charge in [-0.05, 0) is 31.7 Å². The molecule has 1 rings (SSSR count). The van der Waals surface area contributed by atoms with Crippen molar-refractivity contribution in [1.29, 1.82) is 0 Å². The summed E-state index contributed by atoms with van der Waals surface area (Å²) in [5.74, 6) is 0.956. The van der Waals surface area contributed by atoms with E-state index >= 15 is 0 Å². The molecular formula is C12H25N. The van der Waals surface area contributed by atoms with Crippen LogP contribution in [0.5, 0.6) is 0 Å².